The lowest BCUT2D eigenvalue weighted by Crippen LogP contribution is -2.55. The standard InChI is InChI=1S/C9H14N2O8/c10-4(12)2-1-3(7(14)15)11-5(8(16)17)6(13)9(18)19/h3,5-6,11,13H,1-2H2,(H2,10,12)(H,14,15)(H,16,17)(H,18,19)/t3-,5?,6?/m0/s1. The van der Waals surface area contributed by atoms with Crippen molar-refractivity contribution in [3.05, 3.63) is 0 Å². The monoisotopic (exact) mass is 278 g/mol. The van der Waals surface area contributed by atoms with Gasteiger partial charge in [-0.05, 0) is 6.42 Å². The van der Waals surface area contributed by atoms with E-state index < -0.39 is 42.0 Å². The predicted molar refractivity (Wildman–Crippen MR) is 58.1 cm³/mol. The number of aliphatic carboxylic acids is 3. The molecule has 0 aromatic rings. The summed E-state index contributed by atoms with van der Waals surface area (Å²) in [6, 6.07) is -3.55. The van der Waals surface area contributed by atoms with Crippen molar-refractivity contribution in [1.82, 2.24) is 5.32 Å². The Labute approximate surface area is 106 Å². The van der Waals surface area contributed by atoms with Crippen LogP contribution in [0.5, 0.6) is 0 Å². The molecule has 0 aliphatic rings. The molecule has 0 heterocycles. The maximum atomic E-state index is 10.8. The van der Waals surface area contributed by atoms with Crippen molar-refractivity contribution in [3.8, 4) is 0 Å². The van der Waals surface area contributed by atoms with Crippen LogP contribution in [-0.4, -0.2) is 62.4 Å². The molecule has 0 bridgehead atoms. The van der Waals surface area contributed by atoms with Crippen LogP contribution >= 0.6 is 0 Å². The average Bonchev–Trinajstić information content (AvgIpc) is 2.26. The number of carbonyl (C=O) groups excluding carboxylic acids is 1. The van der Waals surface area contributed by atoms with Crippen LogP contribution in [0.2, 0.25) is 0 Å². The first-order valence-corrected chi connectivity index (χ1v) is 5.07. The third-order valence-corrected chi connectivity index (χ3v) is 2.19. The molecule has 10 nitrogen and oxygen atoms in total. The molecule has 3 atom stereocenters. The van der Waals surface area contributed by atoms with E-state index in [0.29, 0.717) is 0 Å². The lowest BCUT2D eigenvalue weighted by Gasteiger charge is -2.21. The van der Waals surface area contributed by atoms with Gasteiger partial charge in [-0.3, -0.25) is 19.7 Å². The molecule has 0 spiro atoms. The molecular weight excluding hydrogens is 264 g/mol. The molecule has 0 aliphatic heterocycles. The van der Waals surface area contributed by atoms with Gasteiger partial charge in [0.15, 0.2) is 6.10 Å². The minimum Gasteiger partial charge on any atom is -0.480 e. The van der Waals surface area contributed by atoms with Gasteiger partial charge in [0.1, 0.15) is 12.1 Å². The Bertz CT molecular complexity index is 382. The van der Waals surface area contributed by atoms with E-state index in [2.05, 4.69) is 0 Å². The maximum absolute atomic E-state index is 10.8. The number of nitrogens with two attached hydrogens (primary N) is 1. The lowest BCUT2D eigenvalue weighted by molar-refractivity contribution is -0.157. The van der Waals surface area contributed by atoms with Crippen LogP contribution in [0.1, 0.15) is 12.8 Å². The van der Waals surface area contributed by atoms with Gasteiger partial charge < -0.3 is 26.2 Å². The van der Waals surface area contributed by atoms with E-state index in [4.69, 9.17) is 26.2 Å². The third kappa shape index (κ3) is 5.79. The zero-order valence-corrected chi connectivity index (χ0v) is 9.65. The summed E-state index contributed by atoms with van der Waals surface area (Å²) in [6.45, 7) is 0. The predicted octanol–water partition coefficient (Wildman–Crippen LogP) is -2.81. The summed E-state index contributed by atoms with van der Waals surface area (Å²) in [5, 5.41) is 37.1. The summed E-state index contributed by atoms with van der Waals surface area (Å²) in [5.41, 5.74) is 4.82. The van der Waals surface area contributed by atoms with Gasteiger partial charge >= 0.3 is 17.9 Å². The van der Waals surface area contributed by atoms with Gasteiger partial charge in [0, 0.05) is 6.42 Å². The van der Waals surface area contributed by atoms with Gasteiger partial charge in [0.25, 0.3) is 0 Å². The molecule has 7 N–H and O–H groups in total. The van der Waals surface area contributed by atoms with E-state index >= 15 is 0 Å². The van der Waals surface area contributed by atoms with Crippen LogP contribution in [0.25, 0.3) is 0 Å². The first kappa shape index (κ1) is 16.8. The average molecular weight is 278 g/mol. The lowest BCUT2D eigenvalue weighted by atomic mass is 10.1. The molecule has 19 heavy (non-hydrogen) atoms. The molecule has 10 heteroatoms. The maximum Gasteiger partial charge on any atom is 0.334 e. The molecule has 1 amide bonds. The minimum absolute atomic E-state index is 0.333. The van der Waals surface area contributed by atoms with Crippen LogP contribution in [0.15, 0.2) is 0 Å². The number of aliphatic hydroxyl groups is 1. The molecule has 0 saturated carbocycles. The Balaban J connectivity index is 4.85. The second kappa shape index (κ2) is 7.28. The highest BCUT2D eigenvalue weighted by molar-refractivity contribution is 5.85. The summed E-state index contributed by atoms with van der Waals surface area (Å²) in [6.07, 6.45) is -2.99. The number of carbonyl (C=O) groups is 4. The van der Waals surface area contributed by atoms with Crippen LogP contribution in [0.4, 0.5) is 0 Å². The number of primary amides is 1. The number of aliphatic hydroxyl groups excluding tert-OH is 1. The zero-order chi connectivity index (χ0) is 15.2. The van der Waals surface area contributed by atoms with Crippen LogP contribution in [0.3, 0.4) is 0 Å². The normalized spacial score (nSPS) is 15.2. The smallest absolute Gasteiger partial charge is 0.334 e. The largest absolute Gasteiger partial charge is 0.480 e. The fourth-order valence-electron chi connectivity index (χ4n) is 1.22. The fraction of sp³-hybridized carbons (Fsp3) is 0.556. The summed E-state index contributed by atoms with van der Waals surface area (Å²) < 4.78 is 0. The molecular formula is C9H14N2O8. The molecule has 0 aromatic carbocycles. The SMILES string of the molecule is NC(=O)CC[C@H](NC(C(=O)O)C(O)C(=O)O)C(=O)O. The number of nitrogens with one attached hydrogen (secondary N) is 1. The summed E-state index contributed by atoms with van der Waals surface area (Å²) in [5.74, 6) is -5.84. The number of carboxylic acids is 3. The number of hydrogen-bond donors (Lipinski definition) is 6. The van der Waals surface area contributed by atoms with Crippen molar-refractivity contribution in [3.63, 3.8) is 0 Å². The topological polar surface area (TPSA) is 187 Å². The molecule has 0 fully saturated rings. The van der Waals surface area contributed by atoms with E-state index in [-0.39, 0.29) is 12.8 Å². The summed E-state index contributed by atoms with van der Waals surface area (Å²) >= 11 is 0. The first-order valence-electron chi connectivity index (χ1n) is 5.07. The molecule has 0 saturated heterocycles. The summed E-state index contributed by atoms with van der Waals surface area (Å²) in [4.78, 5) is 42.6. The van der Waals surface area contributed by atoms with Gasteiger partial charge in [-0.1, -0.05) is 0 Å². The second-order valence-corrected chi connectivity index (χ2v) is 3.66. The van der Waals surface area contributed by atoms with Crippen molar-refractivity contribution in [2.24, 2.45) is 5.73 Å². The van der Waals surface area contributed by atoms with Crippen molar-refractivity contribution in [2.45, 2.75) is 31.0 Å². The van der Waals surface area contributed by atoms with Gasteiger partial charge in [0.05, 0.1) is 0 Å². The van der Waals surface area contributed by atoms with E-state index in [1.807, 2.05) is 5.32 Å². The van der Waals surface area contributed by atoms with E-state index in [9.17, 15) is 19.2 Å². The number of carboxylic acid groups (broad SMARTS) is 3. The Hall–Kier alpha value is -2.20. The fourth-order valence-corrected chi connectivity index (χ4v) is 1.22. The van der Waals surface area contributed by atoms with Gasteiger partial charge in [-0.2, -0.15) is 0 Å². The number of rotatable bonds is 9. The van der Waals surface area contributed by atoms with Gasteiger partial charge in [-0.25, -0.2) is 4.79 Å². The molecule has 0 aliphatic carbocycles. The van der Waals surface area contributed by atoms with Crippen molar-refractivity contribution >= 4 is 23.8 Å². The molecule has 0 aromatic heterocycles. The highest BCUT2D eigenvalue weighted by atomic mass is 16.4. The highest BCUT2D eigenvalue weighted by Gasteiger charge is 2.35. The van der Waals surface area contributed by atoms with E-state index in [1.54, 1.807) is 0 Å². The quantitative estimate of drug-likeness (QED) is 0.258. The highest BCUT2D eigenvalue weighted by Crippen LogP contribution is 2.03. The Kier molecular flexibility index (Phi) is 6.44. The van der Waals surface area contributed by atoms with E-state index in [0.717, 1.165) is 0 Å². The van der Waals surface area contributed by atoms with Crippen molar-refractivity contribution < 1.29 is 39.6 Å². The number of hydrogen-bond acceptors (Lipinski definition) is 6. The Morgan fingerprint density at radius 2 is 1.53 bits per heavy atom. The third-order valence-electron chi connectivity index (χ3n) is 2.19. The van der Waals surface area contributed by atoms with Crippen molar-refractivity contribution in [2.75, 3.05) is 0 Å². The Morgan fingerprint density at radius 3 is 1.84 bits per heavy atom. The minimum atomic E-state index is -2.33. The van der Waals surface area contributed by atoms with E-state index in [1.165, 1.54) is 0 Å². The number of amides is 1. The first-order chi connectivity index (χ1) is 8.66. The van der Waals surface area contributed by atoms with Crippen molar-refractivity contribution in [1.29, 1.82) is 0 Å². The second-order valence-electron chi connectivity index (χ2n) is 3.66. The molecule has 0 rings (SSSR count). The molecule has 0 radical (unpaired) electrons. The van der Waals surface area contributed by atoms with Crippen LogP contribution in [0, 0.1) is 0 Å². The molecule has 108 valence electrons. The van der Waals surface area contributed by atoms with Crippen LogP contribution < -0.4 is 11.1 Å². The van der Waals surface area contributed by atoms with Crippen LogP contribution in [-0.2, 0) is 19.2 Å². The summed E-state index contributed by atoms with van der Waals surface area (Å²) in [7, 11) is 0. The van der Waals surface area contributed by atoms with Gasteiger partial charge in [-0.15, -0.1) is 0 Å². The zero-order valence-electron chi connectivity index (χ0n) is 9.65. The van der Waals surface area contributed by atoms with Gasteiger partial charge in [0.2, 0.25) is 5.91 Å². The molecule has 2 unspecified atom stereocenters. The Morgan fingerprint density at radius 1 is 1.00 bits per heavy atom.